The van der Waals surface area contributed by atoms with Gasteiger partial charge in [-0.15, -0.1) is 0 Å². The molecule has 1 fully saturated rings. The second kappa shape index (κ2) is 10.5. The van der Waals surface area contributed by atoms with Gasteiger partial charge in [0.1, 0.15) is 11.9 Å². The zero-order chi connectivity index (χ0) is 27.0. The zero-order valence-corrected chi connectivity index (χ0v) is 21.9. The van der Waals surface area contributed by atoms with Gasteiger partial charge in [-0.3, -0.25) is 13.9 Å². The number of hydrogen-bond acceptors (Lipinski definition) is 6. The van der Waals surface area contributed by atoms with Crippen LogP contribution in [-0.2, 0) is 19.6 Å². The number of imidazole rings is 1. The highest BCUT2D eigenvalue weighted by Gasteiger charge is 2.31. The summed E-state index contributed by atoms with van der Waals surface area (Å²) in [5, 5.41) is 9.32. The lowest BCUT2D eigenvalue weighted by atomic mass is 9.84. The molecule has 5 rings (SSSR count). The molecule has 0 amide bonds. The molecule has 9 nitrogen and oxygen atoms in total. The van der Waals surface area contributed by atoms with E-state index in [1.54, 1.807) is 18.4 Å². The van der Waals surface area contributed by atoms with E-state index < -0.39 is 17.1 Å². The molecule has 1 aliphatic rings. The molecule has 3 heterocycles. The molecule has 1 aromatic carbocycles. The second-order valence-corrected chi connectivity index (χ2v) is 9.86. The molecule has 200 valence electrons. The Morgan fingerprint density at radius 2 is 1.87 bits per heavy atom. The minimum Gasteiger partial charge on any atom is -0.472 e. The minimum absolute atomic E-state index is 0.0367. The van der Waals surface area contributed by atoms with Crippen LogP contribution in [0.3, 0.4) is 0 Å². The number of aliphatic hydroxyl groups is 1. The number of aliphatic hydroxyl groups excluding tert-OH is 1. The van der Waals surface area contributed by atoms with Crippen molar-refractivity contribution in [2.75, 3.05) is 6.61 Å². The summed E-state index contributed by atoms with van der Waals surface area (Å²) in [6, 6.07) is 10.9. The lowest BCUT2D eigenvalue weighted by Gasteiger charge is -2.33. The maximum absolute atomic E-state index is 15.3. The van der Waals surface area contributed by atoms with Gasteiger partial charge in [0.05, 0.1) is 5.69 Å². The van der Waals surface area contributed by atoms with Crippen molar-refractivity contribution in [3.8, 4) is 17.3 Å². The SMILES string of the molecule is CCn1c(=O)n(CCCO)c(=O)c2c1nc(-c1cc(F)c(OC3CCC3C)nc1C)n2Cc1ccccc1. The Balaban J connectivity index is 1.73. The Bertz CT molecular complexity index is 1590. The van der Waals surface area contributed by atoms with Crippen LogP contribution in [0.2, 0.25) is 0 Å². The molecule has 10 heteroatoms. The molecule has 3 aromatic heterocycles. The number of aromatic nitrogens is 5. The third-order valence-electron chi connectivity index (χ3n) is 7.33. The molecule has 0 spiro atoms. The van der Waals surface area contributed by atoms with E-state index in [2.05, 4.69) is 11.9 Å². The molecule has 38 heavy (non-hydrogen) atoms. The summed E-state index contributed by atoms with van der Waals surface area (Å²) in [5.41, 5.74) is 1.32. The number of fused-ring (bicyclic) bond motifs is 1. The molecule has 2 unspecified atom stereocenters. The molecule has 0 aliphatic heterocycles. The molecular formula is C28H32FN5O4. The van der Waals surface area contributed by atoms with Crippen molar-refractivity contribution >= 4 is 11.2 Å². The molecule has 1 N–H and O–H groups in total. The van der Waals surface area contributed by atoms with Crippen molar-refractivity contribution in [1.82, 2.24) is 23.7 Å². The van der Waals surface area contributed by atoms with Crippen LogP contribution in [0.25, 0.3) is 22.6 Å². The molecule has 1 aliphatic carbocycles. The predicted octanol–water partition coefficient (Wildman–Crippen LogP) is 3.50. The highest BCUT2D eigenvalue weighted by atomic mass is 19.1. The maximum Gasteiger partial charge on any atom is 0.332 e. The first-order valence-corrected chi connectivity index (χ1v) is 13.1. The van der Waals surface area contributed by atoms with Crippen LogP contribution in [0.5, 0.6) is 5.88 Å². The van der Waals surface area contributed by atoms with Crippen molar-refractivity contribution in [2.45, 2.75) is 65.8 Å². The summed E-state index contributed by atoms with van der Waals surface area (Å²) < 4.78 is 25.4. The van der Waals surface area contributed by atoms with E-state index in [0.29, 0.717) is 23.0 Å². The van der Waals surface area contributed by atoms with Crippen molar-refractivity contribution < 1.29 is 14.2 Å². The fourth-order valence-electron chi connectivity index (χ4n) is 4.95. The van der Waals surface area contributed by atoms with Crippen LogP contribution in [-0.4, -0.2) is 41.5 Å². The first-order valence-electron chi connectivity index (χ1n) is 13.1. The molecule has 0 radical (unpaired) electrons. The first-order chi connectivity index (χ1) is 18.3. The fourth-order valence-corrected chi connectivity index (χ4v) is 4.95. The van der Waals surface area contributed by atoms with Crippen LogP contribution >= 0.6 is 0 Å². The fraction of sp³-hybridized carbons (Fsp3) is 0.429. The zero-order valence-electron chi connectivity index (χ0n) is 21.9. The van der Waals surface area contributed by atoms with Gasteiger partial charge in [0.25, 0.3) is 11.4 Å². The van der Waals surface area contributed by atoms with Gasteiger partial charge in [-0.2, -0.15) is 0 Å². The molecule has 0 saturated heterocycles. The molecule has 4 aromatic rings. The van der Waals surface area contributed by atoms with Gasteiger partial charge in [-0.05, 0) is 50.7 Å². The summed E-state index contributed by atoms with van der Waals surface area (Å²) in [4.78, 5) is 36.0. The van der Waals surface area contributed by atoms with Gasteiger partial charge in [-0.1, -0.05) is 37.3 Å². The van der Waals surface area contributed by atoms with Gasteiger partial charge in [0.2, 0.25) is 0 Å². The van der Waals surface area contributed by atoms with Crippen molar-refractivity contribution in [2.24, 2.45) is 5.92 Å². The van der Waals surface area contributed by atoms with Crippen LogP contribution in [0.4, 0.5) is 4.39 Å². The van der Waals surface area contributed by atoms with E-state index in [1.807, 2.05) is 30.3 Å². The van der Waals surface area contributed by atoms with E-state index in [1.165, 1.54) is 10.6 Å². The Labute approximate surface area is 219 Å². The number of rotatable bonds is 9. The standard InChI is InChI=1S/C28H32FN5O4/c1-4-32-25-23(27(36)33(28(32)37)13-8-14-35)34(16-19-9-6-5-7-10-19)24(31-25)20-15-21(29)26(30-18(20)3)38-22-12-11-17(22)2/h5-7,9-10,15,17,22,35H,4,8,11-14,16H2,1-3H3. The Kier molecular flexibility index (Phi) is 7.16. The van der Waals surface area contributed by atoms with Gasteiger partial charge < -0.3 is 14.4 Å². The van der Waals surface area contributed by atoms with Crippen molar-refractivity contribution in [3.63, 3.8) is 0 Å². The normalized spacial score (nSPS) is 17.1. The number of halogens is 1. The summed E-state index contributed by atoms with van der Waals surface area (Å²) >= 11 is 0. The Morgan fingerprint density at radius 3 is 2.50 bits per heavy atom. The summed E-state index contributed by atoms with van der Waals surface area (Å²) in [7, 11) is 0. The number of benzene rings is 1. The van der Waals surface area contributed by atoms with Crippen LogP contribution < -0.4 is 16.0 Å². The smallest absolute Gasteiger partial charge is 0.332 e. The third-order valence-corrected chi connectivity index (χ3v) is 7.33. The molecule has 2 atom stereocenters. The van der Waals surface area contributed by atoms with E-state index in [-0.39, 0.29) is 55.8 Å². The van der Waals surface area contributed by atoms with E-state index in [4.69, 9.17) is 9.72 Å². The topological polar surface area (TPSA) is 104 Å². The average molecular weight is 522 g/mol. The monoisotopic (exact) mass is 521 g/mol. The van der Waals surface area contributed by atoms with Gasteiger partial charge >= 0.3 is 5.69 Å². The Morgan fingerprint density at radius 1 is 1.11 bits per heavy atom. The minimum atomic E-state index is -0.601. The average Bonchev–Trinajstić information content (AvgIpc) is 3.27. The number of nitrogens with zero attached hydrogens (tertiary/aromatic N) is 5. The number of hydrogen-bond donors (Lipinski definition) is 1. The quantitative estimate of drug-likeness (QED) is 0.362. The highest BCUT2D eigenvalue weighted by Crippen LogP contribution is 2.34. The lowest BCUT2D eigenvalue weighted by Crippen LogP contribution is -2.40. The van der Waals surface area contributed by atoms with E-state index >= 15 is 4.39 Å². The number of ether oxygens (including phenoxy) is 1. The van der Waals surface area contributed by atoms with Gasteiger partial charge in [-0.25, -0.2) is 19.2 Å². The highest BCUT2D eigenvalue weighted by molar-refractivity contribution is 5.78. The summed E-state index contributed by atoms with van der Waals surface area (Å²) in [6.45, 7) is 6.12. The third kappa shape index (κ3) is 4.53. The predicted molar refractivity (Wildman–Crippen MR) is 142 cm³/mol. The van der Waals surface area contributed by atoms with Crippen molar-refractivity contribution in [3.05, 3.63) is 74.3 Å². The van der Waals surface area contributed by atoms with Gasteiger partial charge in [0, 0.05) is 31.8 Å². The van der Waals surface area contributed by atoms with Gasteiger partial charge in [0.15, 0.2) is 17.0 Å². The first kappa shape index (κ1) is 25.8. The van der Waals surface area contributed by atoms with Crippen LogP contribution in [0, 0.1) is 18.7 Å². The van der Waals surface area contributed by atoms with Crippen LogP contribution in [0.15, 0.2) is 46.0 Å². The maximum atomic E-state index is 15.3. The largest absolute Gasteiger partial charge is 0.472 e. The van der Waals surface area contributed by atoms with E-state index in [0.717, 1.165) is 23.0 Å². The Hall–Kier alpha value is -3.79. The molecular weight excluding hydrogens is 489 g/mol. The number of aryl methyl sites for hydroxylation is 2. The van der Waals surface area contributed by atoms with E-state index in [9.17, 15) is 14.7 Å². The van der Waals surface area contributed by atoms with Crippen LogP contribution in [0.1, 0.15) is 44.4 Å². The summed E-state index contributed by atoms with van der Waals surface area (Å²) in [5.74, 6) is 0.0570. The van der Waals surface area contributed by atoms with Crippen molar-refractivity contribution in [1.29, 1.82) is 0 Å². The second-order valence-electron chi connectivity index (χ2n) is 9.86. The number of pyridine rings is 1. The molecule has 0 bridgehead atoms. The summed E-state index contributed by atoms with van der Waals surface area (Å²) in [6.07, 6.45) is 2.12. The molecule has 1 saturated carbocycles. The lowest BCUT2D eigenvalue weighted by molar-refractivity contribution is 0.0495.